The van der Waals surface area contributed by atoms with Crippen LogP contribution in [-0.4, -0.2) is 74.6 Å². The highest BCUT2D eigenvalue weighted by Gasteiger charge is 2.45. The van der Waals surface area contributed by atoms with Crippen LogP contribution in [0.3, 0.4) is 0 Å². The third kappa shape index (κ3) is 5.97. The first-order chi connectivity index (χ1) is 15.5. The maximum atomic E-state index is 13.0. The molecule has 10 nitrogen and oxygen atoms in total. The van der Waals surface area contributed by atoms with Gasteiger partial charge in [0, 0.05) is 0 Å². The molecule has 0 radical (unpaired) electrons. The molecule has 1 fully saturated rings. The van der Waals surface area contributed by atoms with E-state index in [4.69, 9.17) is 15.0 Å². The Morgan fingerprint density at radius 3 is 2.39 bits per heavy atom. The van der Waals surface area contributed by atoms with E-state index in [2.05, 4.69) is 10.3 Å². The maximum absolute atomic E-state index is 13.0. The number of benzene rings is 1. The van der Waals surface area contributed by atoms with Gasteiger partial charge in [-0.3, -0.25) is 14.8 Å². The lowest BCUT2D eigenvalue weighted by Gasteiger charge is -2.30. The van der Waals surface area contributed by atoms with Gasteiger partial charge in [-0.1, -0.05) is 12.1 Å². The van der Waals surface area contributed by atoms with E-state index in [1.807, 2.05) is 0 Å². The summed E-state index contributed by atoms with van der Waals surface area (Å²) in [7, 11) is -6.00. The van der Waals surface area contributed by atoms with Gasteiger partial charge in [0.1, 0.15) is 48.9 Å². The van der Waals surface area contributed by atoms with Gasteiger partial charge in [0.15, 0.2) is 12.1 Å². The van der Waals surface area contributed by atoms with Gasteiger partial charge in [-0.15, -0.1) is 0 Å². The number of hydrogen-bond acceptors (Lipinski definition) is 8. The molecule has 0 amide bonds. The second-order valence-electron chi connectivity index (χ2n) is 7.03. The molecule has 2 aliphatic rings. The van der Waals surface area contributed by atoms with Crippen LogP contribution in [0.15, 0.2) is 30.6 Å². The predicted molar refractivity (Wildman–Crippen MR) is 104 cm³/mol. The number of ether oxygens (including phenoxy) is 1. The summed E-state index contributed by atoms with van der Waals surface area (Å²) >= 11 is 0. The van der Waals surface area contributed by atoms with Crippen molar-refractivity contribution in [1.29, 1.82) is 5.41 Å². The van der Waals surface area contributed by atoms with E-state index in [1.54, 1.807) is 12.1 Å². The van der Waals surface area contributed by atoms with Gasteiger partial charge in [0.2, 0.25) is 0 Å². The second kappa shape index (κ2) is 10.0. The smallest absolute Gasteiger partial charge is 0.418 e. The van der Waals surface area contributed by atoms with Crippen molar-refractivity contribution in [3.63, 3.8) is 0 Å². The molecule has 2 aliphatic heterocycles. The minimum atomic E-state index is -6.00. The van der Waals surface area contributed by atoms with Crippen LogP contribution < -0.4 is 5.32 Å². The Morgan fingerprint density at radius 2 is 1.82 bits per heavy atom. The van der Waals surface area contributed by atoms with Crippen molar-refractivity contribution in [1.82, 2.24) is 14.6 Å². The number of aromatic nitrogens is 2. The maximum Gasteiger partial charge on any atom is 0.673 e. The topological polar surface area (TPSA) is 136 Å². The Balaban J connectivity index is 0.000000555. The first kappa shape index (κ1) is 24.8. The first-order valence-corrected chi connectivity index (χ1v) is 9.54. The van der Waals surface area contributed by atoms with Crippen LogP contribution in [0.2, 0.25) is 0 Å². The van der Waals surface area contributed by atoms with Gasteiger partial charge in [-0.2, -0.15) is 0 Å². The zero-order chi connectivity index (χ0) is 24.3. The van der Waals surface area contributed by atoms with Crippen molar-refractivity contribution in [2.24, 2.45) is 0 Å². The lowest BCUT2D eigenvalue weighted by atomic mass is 10.1. The fourth-order valence-electron chi connectivity index (χ4n) is 3.20. The zero-order valence-corrected chi connectivity index (χ0v) is 16.8. The number of nitrogens with one attached hydrogen (secondary N) is 2. The van der Waals surface area contributed by atoms with Crippen molar-refractivity contribution in [3.8, 4) is 0 Å². The van der Waals surface area contributed by atoms with Gasteiger partial charge in [0.05, 0.1) is 12.9 Å². The summed E-state index contributed by atoms with van der Waals surface area (Å²) in [5.41, 5.74) is 1.03. The molecule has 0 spiro atoms. The van der Waals surface area contributed by atoms with Crippen molar-refractivity contribution >= 4 is 18.9 Å². The minimum Gasteiger partial charge on any atom is -0.418 e. The molecule has 0 bridgehead atoms. The van der Waals surface area contributed by atoms with E-state index in [0.717, 1.165) is 5.56 Å². The number of imidazole rings is 1. The van der Waals surface area contributed by atoms with Crippen LogP contribution in [-0.2, 0) is 16.2 Å². The molecule has 1 aromatic carbocycles. The fraction of sp³-hybridized carbons (Fsp3) is 0.412. The number of rotatable bonds is 5. The van der Waals surface area contributed by atoms with Crippen molar-refractivity contribution in [2.75, 3.05) is 18.6 Å². The Bertz CT molecular complexity index is 957. The number of hydroxylamine groups is 2. The summed E-state index contributed by atoms with van der Waals surface area (Å²) < 4.78 is 59.0. The zero-order valence-electron chi connectivity index (χ0n) is 16.8. The van der Waals surface area contributed by atoms with Crippen LogP contribution in [0.1, 0.15) is 17.5 Å². The SMILES string of the molecule is F[B-](F)(F)F.N=C1c2ncn([C@@H]3O[C@H](CO)[C@@H](O)[C@H]3O)c2NCN1OCc1ccc(F)cc1. The Morgan fingerprint density at radius 1 is 1.18 bits per heavy atom. The van der Waals surface area contributed by atoms with Crippen LogP contribution in [0.5, 0.6) is 0 Å². The molecule has 33 heavy (non-hydrogen) atoms. The van der Waals surface area contributed by atoms with Gasteiger partial charge in [-0.25, -0.2) is 14.4 Å². The molecule has 0 saturated carbocycles. The number of halogens is 5. The lowest BCUT2D eigenvalue weighted by molar-refractivity contribution is -0.108. The Kier molecular flexibility index (Phi) is 7.53. The third-order valence-electron chi connectivity index (χ3n) is 4.75. The summed E-state index contributed by atoms with van der Waals surface area (Å²) in [5, 5.41) is 42.0. The molecule has 4 atom stereocenters. The second-order valence-corrected chi connectivity index (χ2v) is 7.03. The van der Waals surface area contributed by atoms with Crippen LogP contribution in [0.4, 0.5) is 27.5 Å². The standard InChI is InChI=1S/C17H20FN5O5.BF4/c18-10-3-1-9(2-4-10)6-27-23-8-21-16-12(15(23)19)20-7-22(16)17-14(26)13(25)11(5-24)28-17;2-1(3,4)5/h1-4,7,11,13-14,17,19,21,24-26H,5-6,8H2;/q;-1/t11-,13-,14-,17-;/m1./s1. The Hall–Kier alpha value is -2.79. The van der Waals surface area contributed by atoms with Crippen molar-refractivity contribution < 1.29 is 46.5 Å². The molecule has 2 aromatic rings. The van der Waals surface area contributed by atoms with Gasteiger partial charge in [0.25, 0.3) is 0 Å². The normalized spacial score (nSPS) is 24.7. The molecule has 0 aliphatic carbocycles. The van der Waals surface area contributed by atoms with Crippen molar-refractivity contribution in [3.05, 3.63) is 47.7 Å². The summed E-state index contributed by atoms with van der Waals surface area (Å²) in [4.78, 5) is 9.79. The highest BCUT2D eigenvalue weighted by atomic mass is 19.5. The molecule has 4 rings (SSSR count). The summed E-state index contributed by atoms with van der Waals surface area (Å²) in [6.45, 7) is -0.150. The lowest BCUT2D eigenvalue weighted by Crippen LogP contribution is -2.41. The third-order valence-corrected chi connectivity index (χ3v) is 4.75. The molecule has 1 aromatic heterocycles. The molecule has 182 valence electrons. The largest absolute Gasteiger partial charge is 0.673 e. The van der Waals surface area contributed by atoms with E-state index in [-0.39, 0.29) is 30.6 Å². The molecular weight excluding hydrogens is 460 g/mol. The van der Waals surface area contributed by atoms with Crippen LogP contribution in [0.25, 0.3) is 0 Å². The fourth-order valence-corrected chi connectivity index (χ4v) is 3.20. The van der Waals surface area contributed by atoms with E-state index in [9.17, 15) is 37.0 Å². The van der Waals surface area contributed by atoms with Gasteiger partial charge >= 0.3 is 7.25 Å². The number of hydrogen-bond donors (Lipinski definition) is 5. The van der Waals surface area contributed by atoms with E-state index >= 15 is 0 Å². The number of fused-ring (bicyclic) bond motifs is 1. The first-order valence-electron chi connectivity index (χ1n) is 9.54. The van der Waals surface area contributed by atoms with E-state index < -0.39 is 38.4 Å². The average molecular weight is 480 g/mol. The number of anilines is 1. The molecule has 16 heteroatoms. The molecular formula is C17H20BF5N5O5-. The van der Waals surface area contributed by atoms with E-state index in [1.165, 1.54) is 28.1 Å². The van der Waals surface area contributed by atoms with E-state index in [0.29, 0.717) is 5.82 Å². The number of nitrogens with zero attached hydrogens (tertiary/aromatic N) is 3. The number of aliphatic hydroxyl groups is 3. The number of aliphatic hydroxyl groups excluding tert-OH is 3. The van der Waals surface area contributed by atoms with Gasteiger partial charge < -0.3 is 42.6 Å². The molecule has 1 saturated heterocycles. The highest BCUT2D eigenvalue weighted by molar-refractivity contribution is 6.50. The molecule has 3 heterocycles. The minimum absolute atomic E-state index is 0.00125. The number of amidine groups is 1. The summed E-state index contributed by atoms with van der Waals surface area (Å²) in [6, 6.07) is 5.86. The Labute approximate surface area is 183 Å². The summed E-state index contributed by atoms with van der Waals surface area (Å²) in [5.74, 6) is 0.0963. The summed E-state index contributed by atoms with van der Waals surface area (Å²) in [6.07, 6.45) is -2.95. The van der Waals surface area contributed by atoms with Crippen molar-refractivity contribution in [2.45, 2.75) is 31.1 Å². The average Bonchev–Trinajstić information content (AvgIpc) is 3.29. The highest BCUT2D eigenvalue weighted by Crippen LogP contribution is 2.34. The molecule has 0 unspecified atom stereocenters. The van der Waals surface area contributed by atoms with Crippen LogP contribution in [0, 0.1) is 11.2 Å². The quantitative estimate of drug-likeness (QED) is 0.317. The molecule has 5 N–H and O–H groups in total. The van der Waals surface area contributed by atoms with Gasteiger partial charge in [-0.05, 0) is 17.7 Å². The van der Waals surface area contributed by atoms with Crippen LogP contribution >= 0.6 is 0 Å². The predicted octanol–water partition coefficient (Wildman–Crippen LogP) is 1.08. The monoisotopic (exact) mass is 480 g/mol.